The lowest BCUT2D eigenvalue weighted by atomic mass is 10.0. The molecular weight excluding hydrogens is 352 g/mol. The van der Waals surface area contributed by atoms with Crippen molar-refractivity contribution in [2.75, 3.05) is 11.9 Å². The second-order valence-electron chi connectivity index (χ2n) is 6.90. The molecule has 1 N–H and O–H groups in total. The Morgan fingerprint density at radius 2 is 1.79 bits per heavy atom. The number of nitrogens with one attached hydrogen (secondary N) is 1. The highest BCUT2D eigenvalue weighted by Gasteiger charge is 2.12. The normalized spacial score (nSPS) is 10.7. The molecule has 0 saturated carbocycles. The van der Waals surface area contributed by atoms with Gasteiger partial charge in [0.25, 0.3) is 0 Å². The van der Waals surface area contributed by atoms with Crippen molar-refractivity contribution in [2.24, 2.45) is 0 Å². The summed E-state index contributed by atoms with van der Waals surface area (Å²) in [7, 11) is 0. The third kappa shape index (κ3) is 4.80. The fraction of sp³-hybridized carbons (Fsp3) is 0.304. The van der Waals surface area contributed by atoms with Gasteiger partial charge in [-0.15, -0.1) is 0 Å². The third-order valence-electron chi connectivity index (χ3n) is 4.51. The zero-order valence-electron chi connectivity index (χ0n) is 16.8. The van der Waals surface area contributed by atoms with Crippen LogP contribution in [0.4, 0.5) is 5.69 Å². The first kappa shape index (κ1) is 19.7. The molecule has 0 saturated heterocycles. The third-order valence-corrected chi connectivity index (χ3v) is 4.51. The zero-order chi connectivity index (χ0) is 20.1. The molecule has 0 aliphatic rings. The number of carbonyl (C=O) groups is 1. The summed E-state index contributed by atoms with van der Waals surface area (Å²) in [5.74, 6) is 2.01. The second kappa shape index (κ2) is 8.74. The molecule has 1 amide bonds. The van der Waals surface area contributed by atoms with Gasteiger partial charge in [0, 0.05) is 24.1 Å². The Hall–Kier alpha value is -3.08. The minimum absolute atomic E-state index is 0.0455. The number of ether oxygens (including phenoxy) is 1. The van der Waals surface area contributed by atoms with Crippen LogP contribution in [-0.2, 0) is 11.2 Å². The van der Waals surface area contributed by atoms with E-state index < -0.39 is 0 Å². The molecule has 3 aromatic rings. The Bertz CT molecular complexity index is 935. The summed E-state index contributed by atoms with van der Waals surface area (Å²) in [4.78, 5) is 16.7. The molecule has 0 bridgehead atoms. The van der Waals surface area contributed by atoms with Crippen molar-refractivity contribution in [1.82, 2.24) is 4.98 Å². The van der Waals surface area contributed by atoms with E-state index in [4.69, 9.17) is 9.15 Å². The van der Waals surface area contributed by atoms with Crippen LogP contribution in [-0.4, -0.2) is 17.5 Å². The molecule has 0 aliphatic heterocycles. The number of benzene rings is 2. The summed E-state index contributed by atoms with van der Waals surface area (Å²) in [6.07, 6.45) is 2.46. The van der Waals surface area contributed by atoms with Gasteiger partial charge in [-0.3, -0.25) is 4.79 Å². The molecule has 2 aromatic carbocycles. The second-order valence-corrected chi connectivity index (χ2v) is 6.90. The molecule has 0 aliphatic carbocycles. The number of anilines is 1. The molecule has 1 heterocycles. The van der Waals surface area contributed by atoms with Gasteiger partial charge in [-0.25, -0.2) is 4.98 Å². The van der Waals surface area contributed by atoms with Crippen molar-refractivity contribution in [1.29, 1.82) is 0 Å². The van der Waals surface area contributed by atoms with Gasteiger partial charge in [0.2, 0.25) is 5.91 Å². The molecule has 0 spiro atoms. The average molecular weight is 378 g/mol. The van der Waals surface area contributed by atoms with Gasteiger partial charge in [-0.05, 0) is 63.1 Å². The Labute approximate surface area is 165 Å². The standard InChI is InChI=1S/C23H26N2O3/c1-5-27-19-8-6-18(7-9-19)20-14-24-22(28-20)11-10-21(26)25-23-16(3)12-15(2)13-17(23)4/h6-9,12-14H,5,10-11H2,1-4H3,(H,25,26). The van der Waals surface area contributed by atoms with E-state index in [0.717, 1.165) is 28.1 Å². The lowest BCUT2D eigenvalue weighted by Crippen LogP contribution is -2.14. The number of aromatic nitrogens is 1. The highest BCUT2D eigenvalue weighted by atomic mass is 16.5. The monoisotopic (exact) mass is 378 g/mol. The topological polar surface area (TPSA) is 64.4 Å². The zero-order valence-corrected chi connectivity index (χ0v) is 16.8. The van der Waals surface area contributed by atoms with Crippen LogP contribution in [0, 0.1) is 20.8 Å². The summed E-state index contributed by atoms with van der Waals surface area (Å²) in [6.45, 7) is 8.65. The van der Waals surface area contributed by atoms with Gasteiger partial charge < -0.3 is 14.5 Å². The number of hydrogen-bond acceptors (Lipinski definition) is 4. The van der Waals surface area contributed by atoms with E-state index >= 15 is 0 Å². The van der Waals surface area contributed by atoms with Crippen molar-refractivity contribution >= 4 is 11.6 Å². The highest BCUT2D eigenvalue weighted by molar-refractivity contribution is 5.92. The van der Waals surface area contributed by atoms with Crippen molar-refractivity contribution in [2.45, 2.75) is 40.5 Å². The van der Waals surface area contributed by atoms with E-state index in [1.807, 2.05) is 45.0 Å². The predicted octanol–water partition coefficient (Wildman–Crippen LogP) is 5.24. The number of nitrogens with zero attached hydrogens (tertiary/aromatic N) is 1. The van der Waals surface area contributed by atoms with Crippen LogP contribution in [0.5, 0.6) is 5.75 Å². The van der Waals surface area contributed by atoms with Crippen LogP contribution in [0.1, 0.15) is 35.9 Å². The molecule has 5 heteroatoms. The number of rotatable bonds is 7. The van der Waals surface area contributed by atoms with Crippen LogP contribution in [0.2, 0.25) is 0 Å². The van der Waals surface area contributed by atoms with Crippen molar-refractivity contribution < 1.29 is 13.9 Å². The maximum atomic E-state index is 12.4. The largest absolute Gasteiger partial charge is 0.494 e. The van der Waals surface area contributed by atoms with Gasteiger partial charge in [0.15, 0.2) is 11.7 Å². The molecular formula is C23H26N2O3. The SMILES string of the molecule is CCOc1ccc(-c2cnc(CCC(=O)Nc3c(C)cc(C)cc3C)o2)cc1. The maximum absolute atomic E-state index is 12.4. The molecule has 5 nitrogen and oxygen atoms in total. The molecule has 3 rings (SSSR count). The van der Waals surface area contributed by atoms with E-state index in [1.54, 1.807) is 6.20 Å². The molecule has 0 atom stereocenters. The van der Waals surface area contributed by atoms with E-state index in [1.165, 1.54) is 5.56 Å². The highest BCUT2D eigenvalue weighted by Crippen LogP contribution is 2.24. The number of amides is 1. The van der Waals surface area contributed by atoms with E-state index in [9.17, 15) is 4.79 Å². The number of carbonyl (C=O) groups excluding carboxylic acids is 1. The van der Waals surface area contributed by atoms with E-state index in [0.29, 0.717) is 31.1 Å². The Kier molecular flexibility index (Phi) is 6.14. The van der Waals surface area contributed by atoms with Crippen molar-refractivity contribution in [3.8, 4) is 17.1 Å². The summed E-state index contributed by atoms with van der Waals surface area (Å²) < 4.78 is 11.2. The van der Waals surface area contributed by atoms with Gasteiger partial charge in [0.05, 0.1) is 12.8 Å². The van der Waals surface area contributed by atoms with Crippen molar-refractivity contribution in [3.63, 3.8) is 0 Å². The van der Waals surface area contributed by atoms with Crippen LogP contribution >= 0.6 is 0 Å². The fourth-order valence-corrected chi connectivity index (χ4v) is 3.24. The molecule has 0 unspecified atom stereocenters. The van der Waals surface area contributed by atoms with Gasteiger partial charge in [0.1, 0.15) is 5.75 Å². The van der Waals surface area contributed by atoms with Gasteiger partial charge >= 0.3 is 0 Å². The van der Waals surface area contributed by atoms with Crippen molar-refractivity contribution in [3.05, 3.63) is 65.2 Å². The lowest BCUT2D eigenvalue weighted by molar-refractivity contribution is -0.116. The first-order valence-corrected chi connectivity index (χ1v) is 9.52. The van der Waals surface area contributed by atoms with Crippen LogP contribution in [0.25, 0.3) is 11.3 Å². The summed E-state index contributed by atoms with van der Waals surface area (Å²) >= 11 is 0. The molecule has 0 fully saturated rings. The Morgan fingerprint density at radius 3 is 2.43 bits per heavy atom. The first-order valence-electron chi connectivity index (χ1n) is 9.52. The Balaban J connectivity index is 1.59. The predicted molar refractivity (Wildman–Crippen MR) is 111 cm³/mol. The number of aryl methyl sites for hydroxylation is 4. The molecule has 1 aromatic heterocycles. The minimum atomic E-state index is -0.0455. The van der Waals surface area contributed by atoms with E-state index in [2.05, 4.69) is 29.4 Å². The minimum Gasteiger partial charge on any atom is -0.494 e. The fourth-order valence-electron chi connectivity index (χ4n) is 3.24. The van der Waals surface area contributed by atoms with E-state index in [-0.39, 0.29) is 5.91 Å². The number of hydrogen-bond donors (Lipinski definition) is 1. The van der Waals surface area contributed by atoms with Gasteiger partial charge in [-0.2, -0.15) is 0 Å². The first-order chi connectivity index (χ1) is 13.5. The Morgan fingerprint density at radius 1 is 1.11 bits per heavy atom. The summed E-state index contributed by atoms with van der Waals surface area (Å²) in [5.41, 5.74) is 5.14. The van der Waals surface area contributed by atoms with Crippen LogP contribution in [0.3, 0.4) is 0 Å². The quantitative estimate of drug-likeness (QED) is 0.611. The average Bonchev–Trinajstić information content (AvgIpc) is 3.13. The molecule has 28 heavy (non-hydrogen) atoms. The lowest BCUT2D eigenvalue weighted by Gasteiger charge is -2.12. The van der Waals surface area contributed by atoms with Crippen LogP contribution < -0.4 is 10.1 Å². The van der Waals surface area contributed by atoms with Crippen LogP contribution in [0.15, 0.2) is 47.0 Å². The summed E-state index contributed by atoms with van der Waals surface area (Å²) in [5, 5.41) is 3.01. The summed E-state index contributed by atoms with van der Waals surface area (Å²) in [6, 6.07) is 11.8. The van der Waals surface area contributed by atoms with Gasteiger partial charge in [-0.1, -0.05) is 17.7 Å². The maximum Gasteiger partial charge on any atom is 0.224 e. The smallest absolute Gasteiger partial charge is 0.224 e. The molecule has 146 valence electrons. The molecule has 0 radical (unpaired) electrons. The number of oxazole rings is 1.